The minimum atomic E-state index is -1.43. The van der Waals surface area contributed by atoms with Gasteiger partial charge in [-0.05, 0) is 17.7 Å². The van der Waals surface area contributed by atoms with Crippen molar-refractivity contribution in [1.82, 2.24) is 0 Å². The van der Waals surface area contributed by atoms with Crippen LogP contribution in [0.3, 0.4) is 0 Å². The van der Waals surface area contributed by atoms with E-state index >= 15 is 0 Å². The van der Waals surface area contributed by atoms with Crippen LogP contribution in [0.15, 0.2) is 18.2 Å². The average molecular weight is 207 g/mol. The van der Waals surface area contributed by atoms with Crippen LogP contribution in [0.4, 0.5) is 8.78 Å². The van der Waals surface area contributed by atoms with E-state index in [1.165, 1.54) is 0 Å². The minimum Gasteiger partial charge on any atom is -0.480 e. The number of aliphatic carboxylic acids is 1. The maximum atomic E-state index is 12.6. The Kier molecular flexibility index (Phi) is 2.83. The van der Waals surface area contributed by atoms with Crippen LogP contribution in [0.2, 0.25) is 0 Å². The van der Waals surface area contributed by atoms with Crippen LogP contribution in [0.5, 0.6) is 0 Å². The second-order valence-corrected chi connectivity index (χ2v) is 2.84. The third kappa shape index (κ3) is 2.39. The van der Waals surface area contributed by atoms with Crippen LogP contribution in [0, 0.1) is 11.6 Å². The van der Waals surface area contributed by atoms with Gasteiger partial charge in [-0.2, -0.15) is 0 Å². The highest BCUT2D eigenvalue weighted by Gasteiger charge is 2.17. The average Bonchev–Trinajstić information content (AvgIpc) is 2.01. The van der Waals surface area contributed by atoms with Crippen molar-refractivity contribution in [2.45, 2.75) is 5.38 Å². The van der Waals surface area contributed by atoms with E-state index in [4.69, 9.17) is 16.7 Å². The quantitative estimate of drug-likeness (QED) is 0.754. The SMILES string of the molecule is O=C(O)C(Cl)c1cc(F)cc(F)c1. The fraction of sp³-hybridized carbons (Fsp3) is 0.125. The molecule has 0 radical (unpaired) electrons. The van der Waals surface area contributed by atoms with Gasteiger partial charge in [0.2, 0.25) is 0 Å². The predicted molar refractivity (Wildman–Crippen MR) is 42.6 cm³/mol. The molecule has 0 aliphatic rings. The number of halogens is 3. The van der Waals surface area contributed by atoms with Gasteiger partial charge in [-0.15, -0.1) is 11.6 Å². The normalized spacial score (nSPS) is 12.5. The molecule has 0 spiro atoms. The molecule has 1 aromatic rings. The molecule has 0 fully saturated rings. The molecule has 0 amide bonds. The van der Waals surface area contributed by atoms with E-state index in [1.807, 2.05) is 0 Å². The maximum absolute atomic E-state index is 12.6. The summed E-state index contributed by atoms with van der Waals surface area (Å²) in [5.74, 6) is -3.03. The van der Waals surface area contributed by atoms with Crippen molar-refractivity contribution in [3.05, 3.63) is 35.4 Å². The summed E-state index contributed by atoms with van der Waals surface area (Å²) in [5, 5.41) is 7.01. The number of hydrogen-bond donors (Lipinski definition) is 1. The Hall–Kier alpha value is -1.16. The molecule has 1 N–H and O–H groups in total. The number of carbonyl (C=O) groups is 1. The van der Waals surface area contributed by atoms with Gasteiger partial charge in [-0.1, -0.05) is 0 Å². The molecule has 1 atom stereocenters. The lowest BCUT2D eigenvalue weighted by Crippen LogP contribution is -2.05. The first kappa shape index (κ1) is 9.92. The van der Waals surface area contributed by atoms with Gasteiger partial charge in [0.15, 0.2) is 5.38 Å². The summed E-state index contributed by atoms with van der Waals surface area (Å²) < 4.78 is 25.1. The van der Waals surface area contributed by atoms with Crippen molar-refractivity contribution < 1.29 is 18.7 Å². The van der Waals surface area contributed by atoms with E-state index in [0.29, 0.717) is 6.07 Å². The summed E-state index contributed by atoms with van der Waals surface area (Å²) in [4.78, 5) is 10.3. The summed E-state index contributed by atoms with van der Waals surface area (Å²) in [6.07, 6.45) is 0. The van der Waals surface area contributed by atoms with E-state index in [0.717, 1.165) is 12.1 Å². The van der Waals surface area contributed by atoms with E-state index in [9.17, 15) is 13.6 Å². The molecule has 1 aromatic carbocycles. The first-order valence-electron chi connectivity index (χ1n) is 3.33. The van der Waals surface area contributed by atoms with Crippen LogP contribution in [-0.2, 0) is 4.79 Å². The Morgan fingerprint density at radius 3 is 2.15 bits per heavy atom. The van der Waals surface area contributed by atoms with Crippen molar-refractivity contribution in [3.8, 4) is 0 Å². The molecule has 0 saturated carbocycles. The van der Waals surface area contributed by atoms with Crippen LogP contribution in [0.25, 0.3) is 0 Å². The first-order valence-corrected chi connectivity index (χ1v) is 3.77. The third-order valence-corrected chi connectivity index (χ3v) is 1.83. The molecule has 0 aromatic heterocycles. The molecule has 0 aliphatic carbocycles. The molecule has 0 heterocycles. The summed E-state index contributed by atoms with van der Waals surface area (Å²) in [5.41, 5.74) is -0.105. The highest BCUT2D eigenvalue weighted by molar-refractivity contribution is 6.29. The van der Waals surface area contributed by atoms with Crippen molar-refractivity contribution in [2.75, 3.05) is 0 Å². The second-order valence-electron chi connectivity index (χ2n) is 2.40. The molecule has 2 nitrogen and oxygen atoms in total. The first-order chi connectivity index (χ1) is 6.00. The summed E-state index contributed by atoms with van der Waals surface area (Å²) in [7, 11) is 0. The zero-order chi connectivity index (χ0) is 10.0. The Labute approximate surface area is 77.8 Å². The van der Waals surface area contributed by atoms with Crippen LogP contribution in [-0.4, -0.2) is 11.1 Å². The Balaban J connectivity index is 3.07. The maximum Gasteiger partial charge on any atom is 0.326 e. The molecular weight excluding hydrogens is 202 g/mol. The van der Waals surface area contributed by atoms with Crippen LogP contribution < -0.4 is 0 Å². The summed E-state index contributed by atoms with van der Waals surface area (Å²) in [6, 6.07) is 2.42. The minimum absolute atomic E-state index is 0.105. The zero-order valence-corrected chi connectivity index (χ0v) is 7.05. The lowest BCUT2D eigenvalue weighted by molar-refractivity contribution is -0.136. The fourth-order valence-electron chi connectivity index (χ4n) is 0.864. The Bertz CT molecular complexity index is 321. The smallest absolute Gasteiger partial charge is 0.326 e. The number of rotatable bonds is 2. The van der Waals surface area contributed by atoms with Crippen LogP contribution in [0.1, 0.15) is 10.9 Å². The van der Waals surface area contributed by atoms with Crippen molar-refractivity contribution >= 4 is 17.6 Å². The molecule has 0 saturated heterocycles. The van der Waals surface area contributed by atoms with E-state index in [-0.39, 0.29) is 5.56 Å². The lowest BCUT2D eigenvalue weighted by atomic mass is 10.1. The Morgan fingerprint density at radius 1 is 1.31 bits per heavy atom. The molecule has 13 heavy (non-hydrogen) atoms. The van der Waals surface area contributed by atoms with Gasteiger partial charge in [0, 0.05) is 6.07 Å². The molecule has 0 bridgehead atoms. The van der Waals surface area contributed by atoms with Gasteiger partial charge >= 0.3 is 5.97 Å². The molecule has 70 valence electrons. The highest BCUT2D eigenvalue weighted by atomic mass is 35.5. The van der Waals surface area contributed by atoms with Gasteiger partial charge in [0.25, 0.3) is 0 Å². The van der Waals surface area contributed by atoms with Gasteiger partial charge in [0.05, 0.1) is 0 Å². The molecule has 1 unspecified atom stereocenters. The number of benzene rings is 1. The second kappa shape index (κ2) is 3.70. The van der Waals surface area contributed by atoms with Crippen molar-refractivity contribution in [1.29, 1.82) is 0 Å². The van der Waals surface area contributed by atoms with Gasteiger partial charge < -0.3 is 5.11 Å². The molecule has 0 aliphatic heterocycles. The molecular formula is C8H5ClF2O2. The van der Waals surface area contributed by atoms with E-state index in [1.54, 1.807) is 0 Å². The largest absolute Gasteiger partial charge is 0.480 e. The van der Waals surface area contributed by atoms with Gasteiger partial charge in [-0.3, -0.25) is 4.79 Å². The fourth-order valence-corrected chi connectivity index (χ4v) is 0.990. The Morgan fingerprint density at radius 2 is 1.77 bits per heavy atom. The topological polar surface area (TPSA) is 37.3 Å². The van der Waals surface area contributed by atoms with Crippen LogP contribution >= 0.6 is 11.6 Å². The van der Waals surface area contributed by atoms with Crippen molar-refractivity contribution in [3.63, 3.8) is 0 Å². The van der Waals surface area contributed by atoms with Crippen molar-refractivity contribution in [2.24, 2.45) is 0 Å². The monoisotopic (exact) mass is 206 g/mol. The van der Waals surface area contributed by atoms with E-state index in [2.05, 4.69) is 0 Å². The lowest BCUT2D eigenvalue weighted by Gasteiger charge is -2.04. The number of hydrogen-bond acceptors (Lipinski definition) is 1. The summed E-state index contributed by atoms with van der Waals surface area (Å²) >= 11 is 5.35. The highest BCUT2D eigenvalue weighted by Crippen LogP contribution is 2.22. The zero-order valence-electron chi connectivity index (χ0n) is 6.30. The third-order valence-electron chi connectivity index (χ3n) is 1.39. The predicted octanol–water partition coefficient (Wildman–Crippen LogP) is 2.33. The molecule has 1 rings (SSSR count). The molecule has 5 heteroatoms. The number of carboxylic acid groups (broad SMARTS) is 1. The van der Waals surface area contributed by atoms with Gasteiger partial charge in [0.1, 0.15) is 11.6 Å². The van der Waals surface area contributed by atoms with E-state index < -0.39 is 23.0 Å². The summed E-state index contributed by atoms with van der Waals surface area (Å²) in [6.45, 7) is 0. The number of alkyl halides is 1. The van der Waals surface area contributed by atoms with Gasteiger partial charge in [-0.25, -0.2) is 8.78 Å². The number of carboxylic acids is 1. The standard InChI is InChI=1S/C8H5ClF2O2/c9-7(8(12)13)4-1-5(10)3-6(11)2-4/h1-3,7H,(H,12,13).